The number of thioether (sulfide) groups is 1. The maximum Gasteiger partial charge on any atom is 0.233 e. The van der Waals surface area contributed by atoms with Crippen LogP contribution in [-0.4, -0.2) is 40.7 Å². The molecule has 0 bridgehead atoms. The molecule has 0 spiro atoms. The fraction of sp³-hybridized carbons (Fsp3) is 0.857. The molecular weight excluding hydrogens is 274 g/mol. The largest absolute Gasteiger partial charge is 0.379 e. The van der Waals surface area contributed by atoms with Gasteiger partial charge in [-0.3, -0.25) is 0 Å². The smallest absolute Gasteiger partial charge is 0.233 e. The van der Waals surface area contributed by atoms with Crippen LogP contribution in [0.15, 0.2) is 4.52 Å². The van der Waals surface area contributed by atoms with Gasteiger partial charge in [0.05, 0.1) is 24.9 Å². The van der Waals surface area contributed by atoms with Gasteiger partial charge in [-0.25, -0.2) is 0 Å². The van der Waals surface area contributed by atoms with Crippen LogP contribution in [0.4, 0.5) is 0 Å². The van der Waals surface area contributed by atoms with Crippen LogP contribution in [0.5, 0.6) is 0 Å². The van der Waals surface area contributed by atoms with E-state index < -0.39 is 0 Å². The van der Waals surface area contributed by atoms with Gasteiger partial charge < -0.3 is 14.6 Å². The third kappa shape index (κ3) is 4.46. The molecule has 1 aliphatic rings. The van der Waals surface area contributed by atoms with Crippen molar-refractivity contribution >= 4 is 11.8 Å². The van der Waals surface area contributed by atoms with Crippen molar-refractivity contribution in [2.75, 3.05) is 19.8 Å². The summed E-state index contributed by atoms with van der Waals surface area (Å²) in [5.74, 6) is 2.46. The number of rotatable bonds is 6. The molecule has 2 rings (SSSR count). The lowest BCUT2D eigenvalue weighted by atomic mass is 10.0. The minimum atomic E-state index is 0.183. The molecule has 1 N–H and O–H groups in total. The molecule has 0 aliphatic carbocycles. The number of nitrogens with one attached hydrogen (secondary N) is 1. The molecule has 1 aromatic heterocycles. The van der Waals surface area contributed by atoms with Crippen molar-refractivity contribution in [1.29, 1.82) is 0 Å². The average Bonchev–Trinajstić information content (AvgIpc) is 3.01. The first-order chi connectivity index (χ1) is 9.49. The zero-order chi connectivity index (χ0) is 14.6. The molecule has 2 unspecified atom stereocenters. The van der Waals surface area contributed by atoms with E-state index >= 15 is 0 Å². The first-order valence-electron chi connectivity index (χ1n) is 7.27. The predicted octanol–water partition coefficient (Wildman–Crippen LogP) is 2.58. The molecule has 1 saturated heterocycles. The summed E-state index contributed by atoms with van der Waals surface area (Å²) < 4.78 is 11.2. The van der Waals surface area contributed by atoms with Crippen LogP contribution in [0.1, 0.15) is 51.7 Å². The molecule has 1 aromatic rings. The van der Waals surface area contributed by atoms with Gasteiger partial charge in [0.25, 0.3) is 0 Å². The van der Waals surface area contributed by atoms with Crippen molar-refractivity contribution in [2.24, 2.45) is 0 Å². The number of nitrogens with zero attached hydrogens (tertiary/aromatic N) is 2. The van der Waals surface area contributed by atoms with E-state index in [4.69, 9.17) is 9.26 Å². The SMILES string of the molecule is CCCNC1COCC1c1nc(CSC(C)(C)C)no1. The molecule has 5 nitrogen and oxygen atoms in total. The zero-order valence-corrected chi connectivity index (χ0v) is 13.6. The molecule has 0 amide bonds. The second-order valence-corrected chi connectivity index (χ2v) is 7.96. The molecular formula is C14H25N3O2S. The first kappa shape index (κ1) is 15.8. The Morgan fingerprint density at radius 2 is 2.15 bits per heavy atom. The van der Waals surface area contributed by atoms with E-state index in [0.29, 0.717) is 18.5 Å². The Hall–Kier alpha value is -0.590. The molecule has 20 heavy (non-hydrogen) atoms. The molecule has 114 valence electrons. The van der Waals surface area contributed by atoms with Gasteiger partial charge in [0.15, 0.2) is 5.82 Å². The second-order valence-electron chi connectivity index (χ2n) is 6.15. The standard InChI is InChI=1S/C14H25N3O2S/c1-5-6-15-11-8-18-7-10(11)13-16-12(17-19-13)9-20-14(2,3)4/h10-11,15H,5-9H2,1-4H3. The van der Waals surface area contributed by atoms with Crippen LogP contribution >= 0.6 is 11.8 Å². The lowest BCUT2D eigenvalue weighted by molar-refractivity contribution is 0.184. The molecule has 0 saturated carbocycles. The fourth-order valence-electron chi connectivity index (χ4n) is 2.09. The minimum Gasteiger partial charge on any atom is -0.379 e. The van der Waals surface area contributed by atoms with Crippen LogP contribution in [-0.2, 0) is 10.5 Å². The molecule has 6 heteroatoms. The molecule has 2 atom stereocenters. The van der Waals surface area contributed by atoms with E-state index in [9.17, 15) is 0 Å². The molecule has 2 heterocycles. The number of hydrogen-bond donors (Lipinski definition) is 1. The van der Waals surface area contributed by atoms with E-state index in [1.165, 1.54) is 0 Å². The topological polar surface area (TPSA) is 60.2 Å². The van der Waals surface area contributed by atoms with Gasteiger partial charge in [-0.1, -0.05) is 32.9 Å². The lowest BCUT2D eigenvalue weighted by Crippen LogP contribution is -2.35. The second kappa shape index (κ2) is 6.91. The summed E-state index contributed by atoms with van der Waals surface area (Å²) in [6.07, 6.45) is 1.11. The van der Waals surface area contributed by atoms with E-state index in [1.54, 1.807) is 0 Å². The van der Waals surface area contributed by atoms with Gasteiger partial charge in [0.1, 0.15) is 0 Å². The van der Waals surface area contributed by atoms with E-state index in [-0.39, 0.29) is 10.7 Å². The minimum absolute atomic E-state index is 0.183. The summed E-state index contributed by atoms with van der Waals surface area (Å²) in [5, 5.41) is 7.58. The Balaban J connectivity index is 1.93. The van der Waals surface area contributed by atoms with Crippen LogP contribution in [0.25, 0.3) is 0 Å². The van der Waals surface area contributed by atoms with Crippen LogP contribution in [0.3, 0.4) is 0 Å². The van der Waals surface area contributed by atoms with Gasteiger partial charge in [0.2, 0.25) is 5.89 Å². The van der Waals surface area contributed by atoms with E-state index in [0.717, 1.165) is 31.1 Å². The Kier molecular flexibility index (Phi) is 5.46. The van der Waals surface area contributed by atoms with E-state index in [1.807, 2.05) is 11.8 Å². The van der Waals surface area contributed by atoms with Crippen LogP contribution in [0, 0.1) is 0 Å². The number of aromatic nitrogens is 2. The zero-order valence-electron chi connectivity index (χ0n) is 12.8. The van der Waals surface area contributed by atoms with E-state index in [2.05, 4.69) is 43.2 Å². The first-order valence-corrected chi connectivity index (χ1v) is 8.25. The van der Waals surface area contributed by atoms with Crippen molar-refractivity contribution < 1.29 is 9.26 Å². The summed E-state index contributed by atoms with van der Waals surface area (Å²) in [5.41, 5.74) is 0. The fourth-order valence-corrected chi connectivity index (χ4v) is 2.77. The summed E-state index contributed by atoms with van der Waals surface area (Å²) in [6, 6.07) is 0.290. The van der Waals surface area contributed by atoms with Crippen molar-refractivity contribution in [2.45, 2.75) is 56.6 Å². The average molecular weight is 299 g/mol. The van der Waals surface area contributed by atoms with Crippen molar-refractivity contribution in [3.63, 3.8) is 0 Å². The molecule has 0 radical (unpaired) electrons. The van der Waals surface area contributed by atoms with Crippen LogP contribution in [0.2, 0.25) is 0 Å². The van der Waals surface area contributed by atoms with Crippen LogP contribution < -0.4 is 5.32 Å². The predicted molar refractivity (Wildman–Crippen MR) is 81.0 cm³/mol. The quantitative estimate of drug-likeness (QED) is 0.871. The molecule has 1 aliphatic heterocycles. The van der Waals surface area contributed by atoms with Gasteiger partial charge in [-0.05, 0) is 13.0 Å². The van der Waals surface area contributed by atoms with Gasteiger partial charge in [0, 0.05) is 10.8 Å². The van der Waals surface area contributed by atoms with Crippen molar-refractivity contribution in [3.8, 4) is 0 Å². The summed E-state index contributed by atoms with van der Waals surface area (Å²) in [7, 11) is 0. The summed E-state index contributed by atoms with van der Waals surface area (Å²) >= 11 is 1.83. The molecule has 1 fully saturated rings. The maximum atomic E-state index is 5.55. The summed E-state index contributed by atoms with van der Waals surface area (Å²) in [6.45, 7) is 11.1. The third-order valence-corrected chi connectivity index (χ3v) is 4.44. The third-order valence-electron chi connectivity index (χ3n) is 3.17. The Morgan fingerprint density at radius 3 is 2.85 bits per heavy atom. The Labute approximate surface area is 125 Å². The Bertz CT molecular complexity index is 417. The Morgan fingerprint density at radius 1 is 1.35 bits per heavy atom. The highest BCUT2D eigenvalue weighted by Gasteiger charge is 2.33. The maximum absolute atomic E-state index is 5.55. The summed E-state index contributed by atoms with van der Waals surface area (Å²) in [4.78, 5) is 4.54. The highest BCUT2D eigenvalue weighted by atomic mass is 32.2. The lowest BCUT2D eigenvalue weighted by Gasteiger charge is -2.16. The number of ether oxygens (including phenoxy) is 1. The van der Waals surface area contributed by atoms with Gasteiger partial charge >= 0.3 is 0 Å². The van der Waals surface area contributed by atoms with Gasteiger partial charge in [-0.2, -0.15) is 4.98 Å². The highest BCUT2D eigenvalue weighted by Crippen LogP contribution is 2.28. The number of hydrogen-bond acceptors (Lipinski definition) is 6. The van der Waals surface area contributed by atoms with Crippen molar-refractivity contribution in [3.05, 3.63) is 11.7 Å². The van der Waals surface area contributed by atoms with Gasteiger partial charge in [-0.15, -0.1) is 11.8 Å². The molecule has 0 aromatic carbocycles. The monoisotopic (exact) mass is 299 g/mol. The van der Waals surface area contributed by atoms with Crippen molar-refractivity contribution in [1.82, 2.24) is 15.5 Å². The highest BCUT2D eigenvalue weighted by molar-refractivity contribution is 7.99. The normalized spacial score (nSPS) is 23.4.